The number of carboxylic acid groups (broad SMARTS) is 1. The van der Waals surface area contributed by atoms with Crippen molar-refractivity contribution in [3.05, 3.63) is 70.5 Å². The molecule has 0 spiro atoms. The highest BCUT2D eigenvalue weighted by atomic mass is 79.9. The fourth-order valence-corrected chi connectivity index (χ4v) is 2.35. The van der Waals surface area contributed by atoms with Crippen molar-refractivity contribution in [2.24, 2.45) is 0 Å². The molecule has 0 atom stereocenters. The molecule has 0 aliphatic rings. The highest BCUT2D eigenvalue weighted by Gasteiger charge is 2.15. The third-order valence-corrected chi connectivity index (χ3v) is 3.74. The van der Waals surface area contributed by atoms with Crippen molar-refractivity contribution in [1.82, 2.24) is 0 Å². The third kappa shape index (κ3) is 2.80. The first-order chi connectivity index (χ1) is 10.5. The summed E-state index contributed by atoms with van der Waals surface area (Å²) in [5.41, 5.74) is 1.39. The first kappa shape index (κ1) is 14.5. The zero-order valence-corrected chi connectivity index (χ0v) is 12.8. The van der Waals surface area contributed by atoms with E-state index in [0.29, 0.717) is 11.3 Å². The average Bonchev–Trinajstić information content (AvgIpc) is 2.90. The van der Waals surface area contributed by atoms with Gasteiger partial charge in [0, 0.05) is 21.7 Å². The van der Waals surface area contributed by atoms with Crippen molar-refractivity contribution in [2.75, 3.05) is 0 Å². The van der Waals surface area contributed by atoms with E-state index in [9.17, 15) is 9.18 Å². The number of aromatic carboxylic acids is 1. The van der Waals surface area contributed by atoms with Gasteiger partial charge in [-0.15, -0.1) is 0 Å². The summed E-state index contributed by atoms with van der Waals surface area (Å²) >= 11 is 3.34. The van der Waals surface area contributed by atoms with E-state index in [0.717, 1.165) is 10.0 Å². The maximum Gasteiger partial charge on any atom is 0.335 e. The van der Waals surface area contributed by atoms with Gasteiger partial charge in [0.1, 0.15) is 5.76 Å². The number of hydrogen-bond donors (Lipinski definition) is 1. The Hall–Kier alpha value is -2.40. The molecule has 0 amide bonds. The smallest absolute Gasteiger partial charge is 0.335 e. The molecule has 110 valence electrons. The Kier molecular flexibility index (Phi) is 3.81. The molecule has 1 N–H and O–H groups in total. The van der Waals surface area contributed by atoms with Gasteiger partial charge >= 0.3 is 5.97 Å². The van der Waals surface area contributed by atoms with Crippen LogP contribution < -0.4 is 0 Å². The van der Waals surface area contributed by atoms with Crippen molar-refractivity contribution in [2.45, 2.75) is 0 Å². The second kappa shape index (κ2) is 5.77. The van der Waals surface area contributed by atoms with Gasteiger partial charge in [-0.3, -0.25) is 0 Å². The monoisotopic (exact) mass is 360 g/mol. The van der Waals surface area contributed by atoms with E-state index in [4.69, 9.17) is 9.52 Å². The second-order valence-electron chi connectivity index (χ2n) is 4.68. The van der Waals surface area contributed by atoms with Crippen LogP contribution in [0.2, 0.25) is 0 Å². The minimum Gasteiger partial charge on any atom is -0.478 e. The van der Waals surface area contributed by atoms with Crippen LogP contribution in [0.1, 0.15) is 10.4 Å². The average molecular weight is 361 g/mol. The molecule has 1 aromatic heterocycles. The lowest BCUT2D eigenvalue weighted by Gasteiger charge is -2.00. The SMILES string of the molecule is O=C(O)c1ccc(-c2oc(-c3ccc(Br)cc3)cc2F)cc1. The second-order valence-corrected chi connectivity index (χ2v) is 5.59. The fourth-order valence-electron chi connectivity index (χ4n) is 2.09. The lowest BCUT2D eigenvalue weighted by molar-refractivity contribution is 0.0697. The Morgan fingerprint density at radius 2 is 1.59 bits per heavy atom. The lowest BCUT2D eigenvalue weighted by Crippen LogP contribution is -1.94. The Labute approximate surface area is 134 Å². The number of carbonyl (C=O) groups is 1. The van der Waals surface area contributed by atoms with Gasteiger partial charge in [0.2, 0.25) is 0 Å². The molecule has 3 nitrogen and oxygen atoms in total. The van der Waals surface area contributed by atoms with Crippen molar-refractivity contribution in [3.8, 4) is 22.6 Å². The van der Waals surface area contributed by atoms with Gasteiger partial charge in [-0.2, -0.15) is 0 Å². The first-order valence-corrected chi connectivity index (χ1v) is 7.23. The summed E-state index contributed by atoms with van der Waals surface area (Å²) in [6.45, 7) is 0. The minimum atomic E-state index is -1.03. The topological polar surface area (TPSA) is 50.4 Å². The highest BCUT2D eigenvalue weighted by Crippen LogP contribution is 2.32. The van der Waals surface area contributed by atoms with E-state index < -0.39 is 11.8 Å². The molecule has 0 unspecified atom stereocenters. The molecule has 0 bridgehead atoms. The summed E-state index contributed by atoms with van der Waals surface area (Å²) < 4.78 is 20.6. The number of carboxylic acids is 1. The number of hydrogen-bond acceptors (Lipinski definition) is 2. The van der Waals surface area contributed by atoms with Crippen molar-refractivity contribution in [3.63, 3.8) is 0 Å². The van der Waals surface area contributed by atoms with E-state index >= 15 is 0 Å². The summed E-state index contributed by atoms with van der Waals surface area (Å²) in [6, 6.07) is 14.5. The molecule has 0 saturated carbocycles. The van der Waals surface area contributed by atoms with Gasteiger partial charge in [0.05, 0.1) is 5.56 Å². The van der Waals surface area contributed by atoms with Gasteiger partial charge in [-0.1, -0.05) is 40.2 Å². The molecule has 22 heavy (non-hydrogen) atoms. The van der Waals surface area contributed by atoms with Crippen molar-refractivity contribution in [1.29, 1.82) is 0 Å². The lowest BCUT2D eigenvalue weighted by atomic mass is 10.1. The summed E-state index contributed by atoms with van der Waals surface area (Å²) in [7, 11) is 0. The number of benzene rings is 2. The first-order valence-electron chi connectivity index (χ1n) is 6.43. The predicted octanol–water partition coefficient (Wildman–Crippen LogP) is 5.21. The molecule has 2 aromatic carbocycles. The van der Waals surface area contributed by atoms with Crippen LogP contribution in [-0.2, 0) is 0 Å². The molecular formula is C17H10BrFO3. The Balaban J connectivity index is 1.98. The normalized spacial score (nSPS) is 10.6. The van der Waals surface area contributed by atoms with Gasteiger partial charge < -0.3 is 9.52 Å². The summed E-state index contributed by atoms with van der Waals surface area (Å²) in [5.74, 6) is -1.000. The van der Waals surface area contributed by atoms with E-state index in [1.165, 1.54) is 30.3 Å². The minimum absolute atomic E-state index is 0.0925. The summed E-state index contributed by atoms with van der Waals surface area (Å²) in [6.07, 6.45) is 0. The maximum absolute atomic E-state index is 14.1. The van der Waals surface area contributed by atoms with Gasteiger partial charge in [-0.25, -0.2) is 9.18 Å². The van der Waals surface area contributed by atoms with Crippen LogP contribution >= 0.6 is 15.9 Å². The number of furan rings is 1. The van der Waals surface area contributed by atoms with Crippen LogP contribution in [-0.4, -0.2) is 11.1 Å². The van der Waals surface area contributed by atoms with E-state index in [2.05, 4.69) is 15.9 Å². The molecule has 0 radical (unpaired) electrons. The fraction of sp³-hybridized carbons (Fsp3) is 0. The zero-order chi connectivity index (χ0) is 15.7. The summed E-state index contributed by atoms with van der Waals surface area (Å²) in [5, 5.41) is 8.87. The molecular weight excluding hydrogens is 351 g/mol. The molecule has 0 saturated heterocycles. The van der Waals surface area contributed by atoms with Crippen LogP contribution in [0.25, 0.3) is 22.6 Å². The van der Waals surface area contributed by atoms with Crippen LogP contribution in [0.15, 0.2) is 63.5 Å². The zero-order valence-electron chi connectivity index (χ0n) is 11.2. The quantitative estimate of drug-likeness (QED) is 0.697. The van der Waals surface area contributed by atoms with E-state index in [1.807, 2.05) is 24.3 Å². The third-order valence-electron chi connectivity index (χ3n) is 3.21. The summed E-state index contributed by atoms with van der Waals surface area (Å²) in [4.78, 5) is 10.8. The largest absolute Gasteiger partial charge is 0.478 e. The van der Waals surface area contributed by atoms with Gasteiger partial charge in [0.25, 0.3) is 0 Å². The number of halogens is 2. The van der Waals surface area contributed by atoms with Crippen LogP contribution in [0.5, 0.6) is 0 Å². The van der Waals surface area contributed by atoms with Crippen LogP contribution in [0, 0.1) is 5.82 Å². The van der Waals surface area contributed by atoms with Gasteiger partial charge in [-0.05, 0) is 24.3 Å². The van der Waals surface area contributed by atoms with Crippen LogP contribution in [0.4, 0.5) is 4.39 Å². The van der Waals surface area contributed by atoms with E-state index in [-0.39, 0.29) is 11.3 Å². The molecule has 1 heterocycles. The van der Waals surface area contributed by atoms with Crippen molar-refractivity contribution < 1.29 is 18.7 Å². The van der Waals surface area contributed by atoms with E-state index in [1.54, 1.807) is 0 Å². The Morgan fingerprint density at radius 3 is 2.18 bits per heavy atom. The molecule has 0 fully saturated rings. The Morgan fingerprint density at radius 1 is 1.00 bits per heavy atom. The standard InChI is InChI=1S/C17H10BrFO3/c18-13-7-5-10(6-8-13)15-9-14(19)16(22-15)11-1-3-12(4-2-11)17(20)21/h1-9H,(H,20,21). The maximum atomic E-state index is 14.1. The molecule has 3 rings (SSSR count). The molecule has 0 aliphatic carbocycles. The Bertz CT molecular complexity index is 820. The van der Waals surface area contributed by atoms with Gasteiger partial charge in [0.15, 0.2) is 11.6 Å². The van der Waals surface area contributed by atoms with Crippen LogP contribution in [0.3, 0.4) is 0 Å². The molecule has 0 aliphatic heterocycles. The number of rotatable bonds is 3. The van der Waals surface area contributed by atoms with Crippen molar-refractivity contribution >= 4 is 21.9 Å². The highest BCUT2D eigenvalue weighted by molar-refractivity contribution is 9.10. The molecule has 5 heteroatoms. The molecule has 3 aromatic rings. The predicted molar refractivity (Wildman–Crippen MR) is 84.2 cm³/mol.